The van der Waals surface area contributed by atoms with Gasteiger partial charge >= 0.3 is 0 Å². The van der Waals surface area contributed by atoms with Crippen molar-refractivity contribution < 1.29 is 4.79 Å². The molecule has 3 unspecified atom stereocenters. The summed E-state index contributed by atoms with van der Waals surface area (Å²) in [7, 11) is 1.83. The summed E-state index contributed by atoms with van der Waals surface area (Å²) in [5.41, 5.74) is 7.09. The molecular formula is C16H25ClN2O. The lowest BCUT2D eigenvalue weighted by atomic mass is 9.93. The van der Waals surface area contributed by atoms with Crippen LogP contribution in [0, 0.1) is 0 Å². The number of benzene rings is 1. The summed E-state index contributed by atoms with van der Waals surface area (Å²) < 4.78 is 0. The lowest BCUT2D eigenvalue weighted by Crippen LogP contribution is -2.47. The van der Waals surface area contributed by atoms with Crippen LogP contribution in [-0.2, 0) is 4.79 Å². The van der Waals surface area contributed by atoms with Gasteiger partial charge in [-0.2, -0.15) is 0 Å². The van der Waals surface area contributed by atoms with E-state index in [1.165, 1.54) is 5.56 Å². The van der Waals surface area contributed by atoms with Gasteiger partial charge in [0.2, 0.25) is 5.91 Å². The molecule has 3 atom stereocenters. The number of rotatable bonds is 6. The number of amides is 1. The molecule has 0 aliphatic heterocycles. The third-order valence-electron chi connectivity index (χ3n) is 3.99. The summed E-state index contributed by atoms with van der Waals surface area (Å²) >= 11 is 5.90. The highest BCUT2D eigenvalue weighted by atomic mass is 35.5. The molecule has 3 nitrogen and oxygen atoms in total. The molecule has 0 heterocycles. The van der Waals surface area contributed by atoms with Gasteiger partial charge in [0.25, 0.3) is 0 Å². The third-order valence-corrected chi connectivity index (χ3v) is 4.25. The maximum Gasteiger partial charge on any atom is 0.239 e. The molecule has 1 aromatic carbocycles. The minimum absolute atomic E-state index is 0.0140. The number of nitrogens with zero attached hydrogens (tertiary/aromatic N) is 1. The summed E-state index contributed by atoms with van der Waals surface area (Å²) in [5, 5.41) is 0.725. The Labute approximate surface area is 127 Å². The van der Waals surface area contributed by atoms with E-state index in [1.54, 1.807) is 4.90 Å². The second kappa shape index (κ2) is 7.65. The SMILES string of the molecule is CCCC(N)C(=O)N(C)C(C)C(C)c1ccc(Cl)cc1. The standard InChI is InChI=1S/C16H25ClN2O/c1-5-6-15(18)16(20)19(4)12(3)11(2)13-7-9-14(17)10-8-13/h7-12,15H,5-6,18H2,1-4H3. The topological polar surface area (TPSA) is 46.3 Å². The molecule has 0 saturated heterocycles. The monoisotopic (exact) mass is 296 g/mol. The molecule has 0 aliphatic carbocycles. The minimum atomic E-state index is -0.398. The van der Waals surface area contributed by atoms with Crippen molar-refractivity contribution in [3.8, 4) is 0 Å². The largest absolute Gasteiger partial charge is 0.341 e. The molecule has 4 heteroatoms. The highest BCUT2D eigenvalue weighted by Crippen LogP contribution is 2.24. The molecule has 0 aromatic heterocycles. The Balaban J connectivity index is 2.75. The lowest BCUT2D eigenvalue weighted by Gasteiger charge is -2.32. The van der Waals surface area contributed by atoms with E-state index in [9.17, 15) is 4.79 Å². The van der Waals surface area contributed by atoms with Crippen LogP contribution in [-0.4, -0.2) is 29.9 Å². The zero-order valence-corrected chi connectivity index (χ0v) is 13.5. The number of nitrogens with two attached hydrogens (primary N) is 1. The average molecular weight is 297 g/mol. The first kappa shape index (κ1) is 17.0. The quantitative estimate of drug-likeness (QED) is 0.874. The Bertz CT molecular complexity index is 433. The molecule has 0 saturated carbocycles. The van der Waals surface area contributed by atoms with Crippen molar-refractivity contribution in [1.82, 2.24) is 4.90 Å². The molecule has 0 bridgehead atoms. The van der Waals surface area contributed by atoms with E-state index in [0.717, 1.165) is 17.9 Å². The van der Waals surface area contributed by atoms with Gasteiger partial charge in [-0.25, -0.2) is 0 Å². The molecule has 0 fully saturated rings. The van der Waals surface area contributed by atoms with Gasteiger partial charge in [0.1, 0.15) is 0 Å². The van der Waals surface area contributed by atoms with E-state index in [1.807, 2.05) is 38.2 Å². The predicted molar refractivity (Wildman–Crippen MR) is 85.0 cm³/mol. The molecule has 1 rings (SSSR count). The van der Waals surface area contributed by atoms with Crippen LogP contribution in [0.5, 0.6) is 0 Å². The zero-order valence-electron chi connectivity index (χ0n) is 12.8. The Morgan fingerprint density at radius 1 is 1.30 bits per heavy atom. The van der Waals surface area contributed by atoms with Gasteiger partial charge in [0.15, 0.2) is 0 Å². The Kier molecular flexibility index (Phi) is 6.50. The first-order valence-corrected chi connectivity index (χ1v) is 7.54. The fraction of sp³-hybridized carbons (Fsp3) is 0.562. The van der Waals surface area contributed by atoms with Gasteiger partial charge in [-0.15, -0.1) is 0 Å². The fourth-order valence-corrected chi connectivity index (χ4v) is 2.40. The fourth-order valence-electron chi connectivity index (χ4n) is 2.28. The smallest absolute Gasteiger partial charge is 0.239 e. The number of halogens is 1. The van der Waals surface area contributed by atoms with Gasteiger partial charge in [-0.1, -0.05) is 44.0 Å². The molecule has 0 aliphatic rings. The number of carbonyl (C=O) groups is 1. The van der Waals surface area contributed by atoms with E-state index >= 15 is 0 Å². The summed E-state index contributed by atoms with van der Waals surface area (Å²) in [6.45, 7) is 6.20. The van der Waals surface area contributed by atoms with E-state index < -0.39 is 6.04 Å². The van der Waals surface area contributed by atoms with Gasteiger partial charge in [0.05, 0.1) is 6.04 Å². The van der Waals surface area contributed by atoms with Crippen LogP contribution in [0.15, 0.2) is 24.3 Å². The van der Waals surface area contributed by atoms with Crippen LogP contribution >= 0.6 is 11.6 Å². The molecule has 20 heavy (non-hydrogen) atoms. The maximum atomic E-state index is 12.2. The summed E-state index contributed by atoms with van der Waals surface area (Å²) in [4.78, 5) is 14.0. The molecule has 112 valence electrons. The van der Waals surface area contributed by atoms with Crippen LogP contribution in [0.2, 0.25) is 5.02 Å². The van der Waals surface area contributed by atoms with Crippen LogP contribution in [0.25, 0.3) is 0 Å². The second-order valence-corrected chi connectivity index (χ2v) is 5.86. The van der Waals surface area contributed by atoms with Crippen LogP contribution in [0.1, 0.15) is 45.1 Å². The summed E-state index contributed by atoms with van der Waals surface area (Å²) in [6.07, 6.45) is 1.65. The maximum absolute atomic E-state index is 12.2. The van der Waals surface area contributed by atoms with Crippen molar-refractivity contribution >= 4 is 17.5 Å². The Morgan fingerprint density at radius 2 is 1.85 bits per heavy atom. The molecular weight excluding hydrogens is 272 g/mol. The summed E-state index contributed by atoms with van der Waals surface area (Å²) in [6, 6.07) is 7.47. The van der Waals surface area contributed by atoms with Crippen molar-refractivity contribution in [2.75, 3.05) is 7.05 Å². The first-order valence-electron chi connectivity index (χ1n) is 7.16. The lowest BCUT2D eigenvalue weighted by molar-refractivity contribution is -0.133. The number of likely N-dealkylation sites (N-methyl/N-ethyl adjacent to an activating group) is 1. The van der Waals surface area contributed by atoms with E-state index in [-0.39, 0.29) is 17.9 Å². The Hall–Kier alpha value is -1.06. The first-order chi connectivity index (χ1) is 9.38. The van der Waals surface area contributed by atoms with Crippen molar-refractivity contribution in [2.45, 2.75) is 51.6 Å². The van der Waals surface area contributed by atoms with Crippen molar-refractivity contribution in [3.05, 3.63) is 34.9 Å². The van der Waals surface area contributed by atoms with Crippen LogP contribution < -0.4 is 5.73 Å². The number of hydrogen-bond donors (Lipinski definition) is 1. The predicted octanol–water partition coefficient (Wildman–Crippen LogP) is 3.42. The highest BCUT2D eigenvalue weighted by molar-refractivity contribution is 6.30. The van der Waals surface area contributed by atoms with Crippen molar-refractivity contribution in [1.29, 1.82) is 0 Å². The average Bonchev–Trinajstić information content (AvgIpc) is 2.45. The van der Waals surface area contributed by atoms with E-state index in [0.29, 0.717) is 0 Å². The highest BCUT2D eigenvalue weighted by Gasteiger charge is 2.25. The molecule has 0 radical (unpaired) electrons. The van der Waals surface area contributed by atoms with E-state index in [2.05, 4.69) is 13.8 Å². The van der Waals surface area contributed by atoms with Crippen LogP contribution in [0.3, 0.4) is 0 Å². The minimum Gasteiger partial charge on any atom is -0.341 e. The second-order valence-electron chi connectivity index (χ2n) is 5.43. The number of carbonyl (C=O) groups excluding carboxylic acids is 1. The Morgan fingerprint density at radius 3 is 2.35 bits per heavy atom. The summed E-state index contributed by atoms with van der Waals surface area (Å²) in [5.74, 6) is 0.246. The number of hydrogen-bond acceptors (Lipinski definition) is 2. The van der Waals surface area contributed by atoms with Gasteiger partial charge in [0, 0.05) is 24.0 Å². The normalized spacial score (nSPS) is 15.5. The zero-order chi connectivity index (χ0) is 15.3. The van der Waals surface area contributed by atoms with Gasteiger partial charge in [-0.05, 0) is 31.0 Å². The molecule has 0 spiro atoms. The van der Waals surface area contributed by atoms with Crippen LogP contribution in [0.4, 0.5) is 0 Å². The molecule has 2 N–H and O–H groups in total. The van der Waals surface area contributed by atoms with Gasteiger partial charge < -0.3 is 10.6 Å². The molecule has 1 aromatic rings. The van der Waals surface area contributed by atoms with Crippen molar-refractivity contribution in [3.63, 3.8) is 0 Å². The third kappa shape index (κ3) is 4.22. The molecule has 1 amide bonds. The van der Waals surface area contributed by atoms with Gasteiger partial charge in [-0.3, -0.25) is 4.79 Å². The van der Waals surface area contributed by atoms with Crippen molar-refractivity contribution in [2.24, 2.45) is 5.73 Å². The van der Waals surface area contributed by atoms with E-state index in [4.69, 9.17) is 17.3 Å².